The maximum absolute atomic E-state index is 12.6. The number of rotatable bonds is 3. The van der Waals surface area contributed by atoms with Gasteiger partial charge in [0.25, 0.3) is 0 Å². The highest BCUT2D eigenvalue weighted by atomic mass is 35.5. The van der Waals surface area contributed by atoms with Crippen LogP contribution in [0.4, 0.5) is 5.69 Å². The second kappa shape index (κ2) is 7.09. The zero-order valence-electron chi connectivity index (χ0n) is 13.7. The molecule has 0 N–H and O–H groups in total. The largest absolute Gasteiger partial charge is 0.347 e. The lowest BCUT2D eigenvalue weighted by atomic mass is 10.0. The first-order chi connectivity index (χ1) is 11.5. The third kappa shape index (κ3) is 3.55. The molecule has 24 heavy (non-hydrogen) atoms. The van der Waals surface area contributed by atoms with Gasteiger partial charge in [-0.1, -0.05) is 23.7 Å². The summed E-state index contributed by atoms with van der Waals surface area (Å²) in [6.07, 6.45) is 1.32. The molecule has 2 aliphatic heterocycles. The molecular weight excluding hydrogens is 332 g/mol. The summed E-state index contributed by atoms with van der Waals surface area (Å²) >= 11 is 6.16. The standard InChI is InChI=1S/C17H21ClN2O4/c1-13(21)20(15-5-3-2-4-14(15)18)12-16(22)19-8-6-17(7-9-19)23-10-11-24-17/h2-5H,6-12H2,1H3. The monoisotopic (exact) mass is 352 g/mol. The zero-order valence-corrected chi connectivity index (χ0v) is 14.4. The van der Waals surface area contributed by atoms with Crippen molar-refractivity contribution in [3.63, 3.8) is 0 Å². The number of hydrogen-bond acceptors (Lipinski definition) is 4. The molecule has 2 saturated heterocycles. The Labute approximate surface area is 146 Å². The van der Waals surface area contributed by atoms with Crippen LogP contribution < -0.4 is 4.90 Å². The number of benzene rings is 1. The fourth-order valence-electron chi connectivity index (χ4n) is 3.15. The van der Waals surface area contributed by atoms with Gasteiger partial charge in [0.05, 0.1) is 23.9 Å². The minimum Gasteiger partial charge on any atom is -0.347 e. The van der Waals surface area contributed by atoms with E-state index in [1.165, 1.54) is 11.8 Å². The maximum atomic E-state index is 12.6. The molecule has 0 atom stereocenters. The summed E-state index contributed by atoms with van der Waals surface area (Å²) in [6.45, 7) is 3.76. The highest BCUT2D eigenvalue weighted by Gasteiger charge is 2.41. The molecule has 2 fully saturated rings. The summed E-state index contributed by atoms with van der Waals surface area (Å²) in [6, 6.07) is 7.03. The minimum atomic E-state index is -0.514. The van der Waals surface area contributed by atoms with Crippen LogP contribution in [-0.2, 0) is 19.1 Å². The van der Waals surface area contributed by atoms with Gasteiger partial charge in [-0.25, -0.2) is 0 Å². The molecule has 1 aromatic carbocycles. The molecule has 130 valence electrons. The Morgan fingerprint density at radius 3 is 2.42 bits per heavy atom. The van der Waals surface area contributed by atoms with Crippen molar-refractivity contribution in [2.24, 2.45) is 0 Å². The Balaban J connectivity index is 1.64. The molecule has 2 amide bonds. The van der Waals surface area contributed by atoms with Crippen LogP contribution in [0.15, 0.2) is 24.3 Å². The molecule has 0 saturated carbocycles. The molecule has 0 aromatic heterocycles. The number of anilines is 1. The van der Waals surface area contributed by atoms with Gasteiger partial charge in [0.1, 0.15) is 6.54 Å². The topological polar surface area (TPSA) is 59.1 Å². The molecule has 1 aromatic rings. The number of likely N-dealkylation sites (tertiary alicyclic amines) is 1. The Bertz CT molecular complexity index is 621. The first kappa shape index (κ1) is 17.2. The normalized spacial score (nSPS) is 19.5. The predicted octanol–water partition coefficient (Wildman–Crippen LogP) is 2.06. The van der Waals surface area contributed by atoms with E-state index in [9.17, 15) is 9.59 Å². The number of piperidine rings is 1. The highest BCUT2D eigenvalue weighted by molar-refractivity contribution is 6.33. The van der Waals surface area contributed by atoms with Crippen molar-refractivity contribution in [2.45, 2.75) is 25.6 Å². The van der Waals surface area contributed by atoms with Crippen molar-refractivity contribution < 1.29 is 19.1 Å². The Kier molecular flexibility index (Phi) is 5.08. The molecule has 0 bridgehead atoms. The molecule has 1 spiro atoms. The van der Waals surface area contributed by atoms with Crippen molar-refractivity contribution >= 4 is 29.1 Å². The van der Waals surface area contributed by atoms with Crippen LogP contribution in [0.5, 0.6) is 0 Å². The minimum absolute atomic E-state index is 0.0201. The Morgan fingerprint density at radius 2 is 1.83 bits per heavy atom. The smallest absolute Gasteiger partial charge is 0.242 e. The molecule has 3 rings (SSSR count). The van der Waals surface area contributed by atoms with E-state index in [0.29, 0.717) is 49.9 Å². The van der Waals surface area contributed by atoms with Crippen molar-refractivity contribution in [1.29, 1.82) is 0 Å². The number of ether oxygens (including phenoxy) is 2. The van der Waals surface area contributed by atoms with Gasteiger partial charge in [0.2, 0.25) is 11.8 Å². The summed E-state index contributed by atoms with van der Waals surface area (Å²) in [5.41, 5.74) is 0.552. The van der Waals surface area contributed by atoms with Gasteiger partial charge in [-0.15, -0.1) is 0 Å². The van der Waals surface area contributed by atoms with Crippen LogP contribution >= 0.6 is 11.6 Å². The molecule has 0 aliphatic carbocycles. The first-order valence-electron chi connectivity index (χ1n) is 8.09. The van der Waals surface area contributed by atoms with Gasteiger partial charge in [0.15, 0.2) is 5.79 Å². The number of para-hydroxylation sites is 1. The van der Waals surface area contributed by atoms with Crippen molar-refractivity contribution in [1.82, 2.24) is 4.90 Å². The van der Waals surface area contributed by atoms with Crippen molar-refractivity contribution in [3.05, 3.63) is 29.3 Å². The number of halogens is 1. The van der Waals surface area contributed by atoms with E-state index in [4.69, 9.17) is 21.1 Å². The molecule has 0 radical (unpaired) electrons. The van der Waals surface area contributed by atoms with Gasteiger partial charge in [-0.3, -0.25) is 9.59 Å². The zero-order chi connectivity index (χ0) is 17.2. The lowest BCUT2D eigenvalue weighted by Gasteiger charge is -2.38. The number of hydrogen-bond donors (Lipinski definition) is 0. The van der Waals surface area contributed by atoms with E-state index in [0.717, 1.165) is 0 Å². The summed E-state index contributed by atoms with van der Waals surface area (Å²) < 4.78 is 11.3. The fraction of sp³-hybridized carbons (Fsp3) is 0.529. The summed E-state index contributed by atoms with van der Waals surface area (Å²) in [4.78, 5) is 27.8. The number of carbonyl (C=O) groups is 2. The van der Waals surface area contributed by atoms with E-state index in [2.05, 4.69) is 0 Å². The van der Waals surface area contributed by atoms with Crippen LogP contribution in [0.1, 0.15) is 19.8 Å². The summed E-state index contributed by atoms with van der Waals surface area (Å²) in [5, 5.41) is 0.450. The van der Waals surface area contributed by atoms with Crippen LogP contribution in [0.3, 0.4) is 0 Å². The maximum Gasteiger partial charge on any atom is 0.242 e. The molecule has 6 nitrogen and oxygen atoms in total. The van der Waals surface area contributed by atoms with Crippen LogP contribution in [0.25, 0.3) is 0 Å². The average Bonchev–Trinajstić information content (AvgIpc) is 3.02. The lowest BCUT2D eigenvalue weighted by molar-refractivity contribution is -0.187. The lowest BCUT2D eigenvalue weighted by Crippen LogP contribution is -2.50. The van der Waals surface area contributed by atoms with E-state index < -0.39 is 5.79 Å². The third-order valence-corrected chi connectivity index (χ3v) is 4.83. The number of amides is 2. The van der Waals surface area contributed by atoms with E-state index in [1.54, 1.807) is 29.2 Å². The molecule has 2 aliphatic rings. The van der Waals surface area contributed by atoms with Gasteiger partial charge >= 0.3 is 0 Å². The second-order valence-corrected chi connectivity index (χ2v) is 6.45. The molecule has 2 heterocycles. The van der Waals surface area contributed by atoms with E-state index >= 15 is 0 Å². The quantitative estimate of drug-likeness (QED) is 0.835. The Hall–Kier alpha value is -1.63. The summed E-state index contributed by atoms with van der Waals surface area (Å²) in [5.74, 6) is -0.829. The van der Waals surface area contributed by atoms with E-state index in [-0.39, 0.29) is 18.4 Å². The number of nitrogens with zero attached hydrogens (tertiary/aromatic N) is 2. The van der Waals surface area contributed by atoms with Crippen LogP contribution in [-0.4, -0.2) is 55.3 Å². The molecule has 0 unspecified atom stereocenters. The Morgan fingerprint density at radius 1 is 1.21 bits per heavy atom. The van der Waals surface area contributed by atoms with Gasteiger partial charge in [-0.05, 0) is 12.1 Å². The number of carbonyl (C=O) groups excluding carboxylic acids is 2. The van der Waals surface area contributed by atoms with Gasteiger partial charge in [-0.2, -0.15) is 0 Å². The SMILES string of the molecule is CC(=O)N(CC(=O)N1CCC2(CC1)OCCO2)c1ccccc1Cl. The summed E-state index contributed by atoms with van der Waals surface area (Å²) in [7, 11) is 0. The predicted molar refractivity (Wildman–Crippen MR) is 89.9 cm³/mol. The first-order valence-corrected chi connectivity index (χ1v) is 8.47. The van der Waals surface area contributed by atoms with Gasteiger partial charge in [0, 0.05) is 32.9 Å². The van der Waals surface area contributed by atoms with Crippen LogP contribution in [0.2, 0.25) is 5.02 Å². The van der Waals surface area contributed by atoms with Crippen molar-refractivity contribution in [2.75, 3.05) is 37.7 Å². The van der Waals surface area contributed by atoms with Crippen molar-refractivity contribution in [3.8, 4) is 0 Å². The molecule has 7 heteroatoms. The fourth-order valence-corrected chi connectivity index (χ4v) is 3.39. The second-order valence-electron chi connectivity index (χ2n) is 6.04. The average molecular weight is 353 g/mol. The third-order valence-electron chi connectivity index (χ3n) is 4.51. The molecular formula is C17H21ClN2O4. The highest BCUT2D eigenvalue weighted by Crippen LogP contribution is 2.31. The van der Waals surface area contributed by atoms with Crippen LogP contribution in [0, 0.1) is 0 Å². The van der Waals surface area contributed by atoms with Gasteiger partial charge < -0.3 is 19.3 Å². The van der Waals surface area contributed by atoms with E-state index in [1.807, 2.05) is 0 Å².